The van der Waals surface area contributed by atoms with Gasteiger partial charge in [0.25, 0.3) is 0 Å². The Labute approximate surface area is 125 Å². The predicted molar refractivity (Wildman–Crippen MR) is 72.9 cm³/mol. The molecule has 1 saturated carbocycles. The Morgan fingerprint density at radius 1 is 1.32 bits per heavy atom. The minimum absolute atomic E-state index is 0.177. The summed E-state index contributed by atoms with van der Waals surface area (Å²) in [5, 5.41) is 4.82. The standard InChI is InChI=1S/C14H16F3N3O2/c1-7(19-13(18)22)12(21)20-11-6-9(11)8-4-2-3-5-10(8)14(15,16)17/h2-5,7,9,11H,6H2,1H3,(H,20,21)(H3,18,19,22)/t7-,9-,11-/m1/s1. The molecule has 3 amide bonds. The number of alkyl halides is 3. The summed E-state index contributed by atoms with van der Waals surface area (Å²) < 4.78 is 38.8. The molecule has 2 rings (SSSR count). The molecule has 0 bridgehead atoms. The Bertz CT molecular complexity index is 589. The van der Waals surface area contributed by atoms with Crippen LogP contribution in [0, 0.1) is 0 Å². The maximum atomic E-state index is 12.9. The molecule has 8 heteroatoms. The number of halogens is 3. The largest absolute Gasteiger partial charge is 0.416 e. The summed E-state index contributed by atoms with van der Waals surface area (Å²) in [5.41, 5.74) is 4.40. The van der Waals surface area contributed by atoms with Gasteiger partial charge in [0.15, 0.2) is 0 Å². The quantitative estimate of drug-likeness (QED) is 0.790. The molecule has 0 unspecified atom stereocenters. The first-order chi connectivity index (χ1) is 10.2. The topological polar surface area (TPSA) is 84.2 Å². The first-order valence-corrected chi connectivity index (χ1v) is 6.72. The van der Waals surface area contributed by atoms with Gasteiger partial charge in [0, 0.05) is 12.0 Å². The number of primary amides is 1. The minimum atomic E-state index is -4.42. The van der Waals surface area contributed by atoms with Gasteiger partial charge in [0.1, 0.15) is 6.04 Å². The normalized spacial score (nSPS) is 21.8. The van der Waals surface area contributed by atoms with Crippen molar-refractivity contribution in [3.63, 3.8) is 0 Å². The number of nitrogens with one attached hydrogen (secondary N) is 2. The number of amides is 3. The first-order valence-electron chi connectivity index (χ1n) is 6.72. The van der Waals surface area contributed by atoms with Crippen LogP contribution in [0.2, 0.25) is 0 Å². The van der Waals surface area contributed by atoms with Crippen molar-refractivity contribution in [3.05, 3.63) is 35.4 Å². The average molecular weight is 315 g/mol. The van der Waals surface area contributed by atoms with E-state index in [4.69, 9.17) is 5.73 Å². The Morgan fingerprint density at radius 3 is 2.55 bits per heavy atom. The molecule has 0 aliphatic heterocycles. The van der Waals surface area contributed by atoms with Crippen LogP contribution in [-0.2, 0) is 11.0 Å². The number of nitrogens with two attached hydrogens (primary N) is 1. The molecule has 4 N–H and O–H groups in total. The van der Waals surface area contributed by atoms with Gasteiger partial charge in [-0.3, -0.25) is 4.79 Å². The van der Waals surface area contributed by atoms with E-state index in [0.29, 0.717) is 6.42 Å². The van der Waals surface area contributed by atoms with E-state index < -0.39 is 29.7 Å². The second kappa shape index (κ2) is 5.86. The molecule has 22 heavy (non-hydrogen) atoms. The Hall–Kier alpha value is -2.25. The molecule has 120 valence electrons. The van der Waals surface area contributed by atoms with Crippen LogP contribution >= 0.6 is 0 Å². The minimum Gasteiger partial charge on any atom is -0.352 e. The van der Waals surface area contributed by atoms with Crippen LogP contribution in [0.1, 0.15) is 30.4 Å². The molecule has 0 heterocycles. The van der Waals surface area contributed by atoms with Crippen molar-refractivity contribution in [1.82, 2.24) is 10.6 Å². The van der Waals surface area contributed by atoms with E-state index in [1.807, 2.05) is 0 Å². The number of hydrogen-bond acceptors (Lipinski definition) is 2. The van der Waals surface area contributed by atoms with Crippen LogP contribution in [0.4, 0.5) is 18.0 Å². The maximum absolute atomic E-state index is 12.9. The summed E-state index contributed by atoms with van der Waals surface area (Å²) in [6.07, 6.45) is -3.99. The van der Waals surface area contributed by atoms with Crippen molar-refractivity contribution in [3.8, 4) is 0 Å². The van der Waals surface area contributed by atoms with Crippen molar-refractivity contribution < 1.29 is 22.8 Å². The third kappa shape index (κ3) is 3.69. The van der Waals surface area contributed by atoms with Gasteiger partial charge in [-0.15, -0.1) is 0 Å². The van der Waals surface area contributed by atoms with Gasteiger partial charge in [-0.05, 0) is 25.0 Å². The van der Waals surface area contributed by atoms with Crippen molar-refractivity contribution in [2.45, 2.75) is 37.5 Å². The van der Waals surface area contributed by atoms with Crippen LogP contribution in [0.15, 0.2) is 24.3 Å². The highest BCUT2D eigenvalue weighted by atomic mass is 19.4. The Kier molecular flexibility index (Phi) is 4.30. The van der Waals surface area contributed by atoms with Crippen LogP contribution < -0.4 is 16.4 Å². The summed E-state index contributed by atoms with van der Waals surface area (Å²) in [7, 11) is 0. The predicted octanol–water partition coefficient (Wildman–Crippen LogP) is 1.73. The van der Waals surface area contributed by atoms with E-state index >= 15 is 0 Å². The van der Waals surface area contributed by atoms with Crippen molar-refractivity contribution >= 4 is 11.9 Å². The van der Waals surface area contributed by atoms with E-state index in [1.165, 1.54) is 19.1 Å². The zero-order valence-corrected chi connectivity index (χ0v) is 11.8. The number of urea groups is 1. The second-order valence-corrected chi connectivity index (χ2v) is 5.27. The lowest BCUT2D eigenvalue weighted by atomic mass is 10.0. The maximum Gasteiger partial charge on any atom is 0.416 e. The SMILES string of the molecule is C[C@@H](NC(N)=O)C(=O)N[C@@H]1C[C@@H]1c1ccccc1C(F)(F)F. The molecule has 3 atom stereocenters. The lowest BCUT2D eigenvalue weighted by Crippen LogP contribution is -2.47. The molecule has 5 nitrogen and oxygen atoms in total. The monoisotopic (exact) mass is 315 g/mol. The molecular formula is C14H16F3N3O2. The number of hydrogen-bond donors (Lipinski definition) is 3. The first kappa shape index (κ1) is 16.1. The number of rotatable bonds is 4. The van der Waals surface area contributed by atoms with E-state index in [1.54, 1.807) is 6.07 Å². The van der Waals surface area contributed by atoms with E-state index in [-0.39, 0.29) is 17.5 Å². The van der Waals surface area contributed by atoms with Gasteiger partial charge in [0.2, 0.25) is 5.91 Å². The van der Waals surface area contributed by atoms with Crippen LogP contribution in [0.3, 0.4) is 0 Å². The lowest BCUT2D eigenvalue weighted by molar-refractivity contribution is -0.138. The molecular weight excluding hydrogens is 299 g/mol. The highest BCUT2D eigenvalue weighted by Gasteiger charge is 2.45. The molecule has 1 aliphatic carbocycles. The third-order valence-corrected chi connectivity index (χ3v) is 3.54. The Morgan fingerprint density at radius 2 is 1.95 bits per heavy atom. The molecule has 1 aromatic carbocycles. The van der Waals surface area contributed by atoms with Gasteiger partial charge in [-0.1, -0.05) is 18.2 Å². The van der Waals surface area contributed by atoms with Crippen LogP contribution in [0.5, 0.6) is 0 Å². The van der Waals surface area contributed by atoms with Gasteiger partial charge in [0.05, 0.1) is 5.56 Å². The van der Waals surface area contributed by atoms with Gasteiger partial charge in [-0.2, -0.15) is 13.2 Å². The number of benzene rings is 1. The van der Waals surface area contributed by atoms with Gasteiger partial charge in [-0.25, -0.2) is 4.79 Å². The smallest absolute Gasteiger partial charge is 0.352 e. The molecule has 0 aromatic heterocycles. The molecule has 0 saturated heterocycles. The van der Waals surface area contributed by atoms with E-state index in [2.05, 4.69) is 10.6 Å². The second-order valence-electron chi connectivity index (χ2n) is 5.27. The molecule has 1 aliphatic rings. The molecule has 1 fully saturated rings. The zero-order chi connectivity index (χ0) is 16.5. The fraction of sp³-hybridized carbons (Fsp3) is 0.429. The summed E-state index contributed by atoms with van der Waals surface area (Å²) in [6.45, 7) is 1.45. The van der Waals surface area contributed by atoms with E-state index in [0.717, 1.165) is 6.07 Å². The fourth-order valence-electron chi connectivity index (χ4n) is 2.36. The molecule has 1 aromatic rings. The average Bonchev–Trinajstić information content (AvgIpc) is 3.16. The summed E-state index contributed by atoms with van der Waals surface area (Å²) >= 11 is 0. The van der Waals surface area contributed by atoms with E-state index in [9.17, 15) is 22.8 Å². The van der Waals surface area contributed by atoms with Crippen molar-refractivity contribution in [2.75, 3.05) is 0 Å². The van der Waals surface area contributed by atoms with Crippen LogP contribution in [-0.4, -0.2) is 24.0 Å². The zero-order valence-electron chi connectivity index (χ0n) is 11.8. The van der Waals surface area contributed by atoms with Crippen molar-refractivity contribution in [1.29, 1.82) is 0 Å². The van der Waals surface area contributed by atoms with Crippen LogP contribution in [0.25, 0.3) is 0 Å². The highest BCUT2D eigenvalue weighted by Crippen LogP contribution is 2.46. The van der Waals surface area contributed by atoms with Crippen molar-refractivity contribution in [2.24, 2.45) is 5.73 Å². The molecule has 0 radical (unpaired) electrons. The third-order valence-electron chi connectivity index (χ3n) is 3.54. The van der Waals surface area contributed by atoms with Gasteiger partial charge >= 0.3 is 12.2 Å². The highest BCUT2D eigenvalue weighted by molar-refractivity contribution is 5.86. The van der Waals surface area contributed by atoms with Gasteiger partial charge < -0.3 is 16.4 Å². The fourth-order valence-corrected chi connectivity index (χ4v) is 2.36. The Balaban J connectivity index is 2.02. The number of carbonyl (C=O) groups is 2. The lowest BCUT2D eigenvalue weighted by Gasteiger charge is -2.14. The number of carbonyl (C=O) groups excluding carboxylic acids is 2. The summed E-state index contributed by atoms with van der Waals surface area (Å²) in [6, 6.07) is 3.29. The summed E-state index contributed by atoms with van der Waals surface area (Å²) in [4.78, 5) is 22.4. The summed E-state index contributed by atoms with van der Waals surface area (Å²) in [5.74, 6) is -0.849. The molecule has 0 spiro atoms.